The molecule has 2 amide bonds. The highest BCUT2D eigenvalue weighted by atomic mass is 19.1. The van der Waals surface area contributed by atoms with Crippen LogP contribution in [-0.2, 0) is 11.2 Å². The molecule has 1 aliphatic rings. The van der Waals surface area contributed by atoms with E-state index in [9.17, 15) is 23.5 Å². The molecule has 6 nitrogen and oxygen atoms in total. The molecule has 162 valence electrons. The van der Waals surface area contributed by atoms with Crippen LogP contribution < -0.4 is 5.32 Å². The molecule has 31 heavy (non-hydrogen) atoms. The maximum Gasteiger partial charge on any atom is 0.268 e. The number of rotatable bonds is 5. The molecule has 3 aromatic rings. The van der Waals surface area contributed by atoms with Gasteiger partial charge in [0, 0.05) is 30.4 Å². The summed E-state index contributed by atoms with van der Waals surface area (Å²) in [5.74, 6) is -1.54. The maximum atomic E-state index is 13.5. The molecule has 0 bridgehead atoms. The van der Waals surface area contributed by atoms with Crippen molar-refractivity contribution in [3.8, 4) is 0 Å². The number of piperidine rings is 1. The largest absolute Gasteiger partial charge is 0.393 e. The number of fused-ring (bicyclic) bond motifs is 1. The van der Waals surface area contributed by atoms with E-state index in [1.807, 2.05) is 0 Å². The van der Waals surface area contributed by atoms with Gasteiger partial charge in [-0.2, -0.15) is 0 Å². The van der Waals surface area contributed by atoms with Crippen LogP contribution in [0.25, 0.3) is 10.9 Å². The number of hydrogen-bond acceptors (Lipinski definition) is 3. The van der Waals surface area contributed by atoms with E-state index in [0.717, 1.165) is 0 Å². The number of benzene rings is 2. The van der Waals surface area contributed by atoms with E-state index in [1.54, 1.807) is 23.1 Å². The lowest BCUT2D eigenvalue weighted by molar-refractivity contribution is -0.135. The highest BCUT2D eigenvalue weighted by molar-refractivity contribution is 6.00. The van der Waals surface area contributed by atoms with E-state index in [1.165, 1.54) is 30.3 Å². The number of aliphatic hydroxyl groups excluding tert-OH is 1. The summed E-state index contributed by atoms with van der Waals surface area (Å²) >= 11 is 0. The maximum absolute atomic E-state index is 13.5. The Kier molecular flexibility index (Phi) is 5.99. The van der Waals surface area contributed by atoms with Gasteiger partial charge >= 0.3 is 0 Å². The Morgan fingerprint density at radius 1 is 1.06 bits per heavy atom. The lowest BCUT2D eigenvalue weighted by atomic mass is 10.0. The summed E-state index contributed by atoms with van der Waals surface area (Å²) in [5.41, 5.74) is 1.53. The minimum atomic E-state index is -0.864. The number of carbonyl (C=O) groups excluding carboxylic acids is 2. The molecule has 2 heterocycles. The second kappa shape index (κ2) is 8.85. The standard InChI is InChI=1S/C23H23F2N3O3/c24-16-3-1-14(2-4-16)11-21(23(31)28-9-7-18(29)8-10-28)27-22(30)20-13-15-12-17(25)5-6-19(15)26-20/h1-6,12-13,18,21,26,29H,7-11H2,(H,27,30)/t21-/m0/s1. The van der Waals surface area contributed by atoms with E-state index >= 15 is 0 Å². The third-order valence-electron chi connectivity index (χ3n) is 5.56. The third kappa shape index (κ3) is 4.91. The number of H-pyrrole nitrogens is 1. The normalized spacial score (nSPS) is 15.8. The number of halogens is 2. The van der Waals surface area contributed by atoms with Gasteiger partial charge in [-0.15, -0.1) is 0 Å². The van der Waals surface area contributed by atoms with Crippen molar-refractivity contribution in [2.45, 2.75) is 31.4 Å². The Balaban J connectivity index is 1.55. The zero-order valence-electron chi connectivity index (χ0n) is 16.8. The minimum absolute atomic E-state index is 0.193. The number of amides is 2. The average molecular weight is 427 g/mol. The minimum Gasteiger partial charge on any atom is -0.393 e. The summed E-state index contributed by atoms with van der Waals surface area (Å²) in [6.07, 6.45) is 0.729. The van der Waals surface area contributed by atoms with Crippen molar-refractivity contribution >= 4 is 22.7 Å². The van der Waals surface area contributed by atoms with Gasteiger partial charge in [0.15, 0.2) is 0 Å². The van der Waals surface area contributed by atoms with Gasteiger partial charge in [-0.05, 0) is 54.8 Å². The first kappa shape index (κ1) is 21.0. The molecule has 3 N–H and O–H groups in total. The van der Waals surface area contributed by atoms with Gasteiger partial charge in [0.2, 0.25) is 5.91 Å². The number of aromatic nitrogens is 1. The van der Waals surface area contributed by atoms with Gasteiger partial charge in [-0.3, -0.25) is 9.59 Å². The van der Waals surface area contributed by atoms with Crippen molar-refractivity contribution in [3.63, 3.8) is 0 Å². The van der Waals surface area contributed by atoms with Gasteiger partial charge in [-0.1, -0.05) is 12.1 Å². The molecule has 0 spiro atoms. The third-order valence-corrected chi connectivity index (χ3v) is 5.56. The van der Waals surface area contributed by atoms with Crippen LogP contribution in [-0.4, -0.2) is 52.0 Å². The van der Waals surface area contributed by atoms with Crippen LogP contribution in [0.5, 0.6) is 0 Å². The van der Waals surface area contributed by atoms with Crippen molar-refractivity contribution in [1.29, 1.82) is 0 Å². The predicted molar refractivity (Wildman–Crippen MR) is 111 cm³/mol. The summed E-state index contributed by atoms with van der Waals surface area (Å²) < 4.78 is 26.7. The zero-order chi connectivity index (χ0) is 22.0. The fourth-order valence-corrected chi connectivity index (χ4v) is 3.82. The predicted octanol–water partition coefficient (Wildman–Crippen LogP) is 2.77. The van der Waals surface area contributed by atoms with Gasteiger partial charge in [-0.25, -0.2) is 8.78 Å². The summed E-state index contributed by atoms with van der Waals surface area (Å²) in [7, 11) is 0. The van der Waals surface area contributed by atoms with Crippen LogP contribution in [0.3, 0.4) is 0 Å². The average Bonchev–Trinajstić information content (AvgIpc) is 3.18. The highest BCUT2D eigenvalue weighted by Crippen LogP contribution is 2.18. The summed E-state index contributed by atoms with van der Waals surface area (Å²) in [6, 6.07) is 10.6. The monoisotopic (exact) mass is 427 g/mol. The molecule has 8 heteroatoms. The summed E-state index contributed by atoms with van der Waals surface area (Å²) in [6.45, 7) is 0.808. The number of nitrogens with one attached hydrogen (secondary N) is 2. The quantitative estimate of drug-likeness (QED) is 0.585. The Morgan fingerprint density at radius 2 is 1.74 bits per heavy atom. The van der Waals surface area contributed by atoms with E-state index in [0.29, 0.717) is 42.4 Å². The lowest BCUT2D eigenvalue weighted by Gasteiger charge is -2.32. The van der Waals surface area contributed by atoms with Crippen LogP contribution in [0.4, 0.5) is 8.78 Å². The zero-order valence-corrected chi connectivity index (χ0v) is 16.8. The van der Waals surface area contributed by atoms with Gasteiger partial charge < -0.3 is 20.3 Å². The molecular weight excluding hydrogens is 404 g/mol. The first-order chi connectivity index (χ1) is 14.9. The molecule has 0 radical (unpaired) electrons. The number of carbonyl (C=O) groups is 2. The number of hydrogen-bond donors (Lipinski definition) is 3. The molecule has 2 aromatic carbocycles. The highest BCUT2D eigenvalue weighted by Gasteiger charge is 2.29. The summed E-state index contributed by atoms with van der Waals surface area (Å²) in [4.78, 5) is 30.6. The van der Waals surface area contributed by atoms with Crippen LogP contribution in [0.15, 0.2) is 48.5 Å². The molecule has 4 rings (SSSR count). The van der Waals surface area contributed by atoms with Crippen LogP contribution in [0.1, 0.15) is 28.9 Å². The summed E-state index contributed by atoms with van der Waals surface area (Å²) in [5, 5.41) is 13.0. The van der Waals surface area contributed by atoms with E-state index in [4.69, 9.17) is 0 Å². The van der Waals surface area contributed by atoms with Gasteiger partial charge in [0.1, 0.15) is 23.4 Å². The van der Waals surface area contributed by atoms with E-state index < -0.39 is 23.9 Å². The van der Waals surface area contributed by atoms with Crippen molar-refractivity contribution in [3.05, 3.63) is 71.4 Å². The van der Waals surface area contributed by atoms with Crippen molar-refractivity contribution in [1.82, 2.24) is 15.2 Å². The first-order valence-electron chi connectivity index (χ1n) is 10.2. The number of nitrogens with zero attached hydrogens (tertiary/aromatic N) is 1. The molecule has 1 aromatic heterocycles. The molecule has 0 saturated carbocycles. The Bertz CT molecular complexity index is 1090. The Hall–Kier alpha value is -3.26. The molecule has 1 atom stereocenters. The number of aromatic amines is 1. The molecule has 0 unspecified atom stereocenters. The topological polar surface area (TPSA) is 85.4 Å². The van der Waals surface area contributed by atoms with Gasteiger partial charge in [0.05, 0.1) is 6.10 Å². The van der Waals surface area contributed by atoms with Crippen molar-refractivity contribution in [2.75, 3.05) is 13.1 Å². The second-order valence-corrected chi connectivity index (χ2v) is 7.83. The van der Waals surface area contributed by atoms with Crippen LogP contribution >= 0.6 is 0 Å². The fraction of sp³-hybridized carbons (Fsp3) is 0.304. The van der Waals surface area contributed by atoms with Crippen LogP contribution in [0.2, 0.25) is 0 Å². The molecule has 1 fully saturated rings. The van der Waals surface area contributed by atoms with Crippen LogP contribution in [0, 0.1) is 11.6 Å². The molecule has 1 aliphatic heterocycles. The van der Waals surface area contributed by atoms with E-state index in [2.05, 4.69) is 10.3 Å². The molecular formula is C23H23F2N3O3. The molecule has 0 aliphatic carbocycles. The number of aliphatic hydroxyl groups is 1. The lowest BCUT2D eigenvalue weighted by Crippen LogP contribution is -2.52. The fourth-order valence-electron chi connectivity index (χ4n) is 3.82. The first-order valence-corrected chi connectivity index (χ1v) is 10.2. The molecule has 1 saturated heterocycles. The second-order valence-electron chi connectivity index (χ2n) is 7.83. The Labute approximate surface area is 177 Å². The van der Waals surface area contributed by atoms with Crippen molar-refractivity contribution in [2.24, 2.45) is 0 Å². The van der Waals surface area contributed by atoms with E-state index in [-0.39, 0.29) is 23.8 Å². The van der Waals surface area contributed by atoms with Gasteiger partial charge in [0.25, 0.3) is 5.91 Å². The SMILES string of the molecule is O=C(N[C@@H](Cc1ccc(F)cc1)C(=O)N1CCC(O)CC1)c1cc2cc(F)ccc2[nH]1. The smallest absolute Gasteiger partial charge is 0.268 e. The Morgan fingerprint density at radius 3 is 2.45 bits per heavy atom. The number of likely N-dealkylation sites (tertiary alicyclic amines) is 1. The van der Waals surface area contributed by atoms with Crippen molar-refractivity contribution < 1.29 is 23.5 Å².